The average Bonchev–Trinajstić information content (AvgIpc) is 2.63. The molecule has 6 heteroatoms. The van der Waals surface area contributed by atoms with Crippen LogP contribution in [0.3, 0.4) is 0 Å². The molecular formula is C10H19NO4S. The Morgan fingerprint density at radius 2 is 2.00 bits per heavy atom. The number of rotatable bonds is 6. The summed E-state index contributed by atoms with van der Waals surface area (Å²) in [4.78, 5) is 11.3. The predicted molar refractivity (Wildman–Crippen MR) is 60.4 cm³/mol. The summed E-state index contributed by atoms with van der Waals surface area (Å²) in [5.74, 6) is 0.248. The number of hydrogen-bond acceptors (Lipinski definition) is 4. The first-order valence-corrected chi connectivity index (χ1v) is 7.47. The Balaban J connectivity index is 2.06. The van der Waals surface area contributed by atoms with Crippen molar-refractivity contribution in [3.63, 3.8) is 0 Å². The first kappa shape index (κ1) is 13.4. The van der Waals surface area contributed by atoms with Crippen LogP contribution in [-0.2, 0) is 19.6 Å². The third kappa shape index (κ3) is 6.07. The summed E-state index contributed by atoms with van der Waals surface area (Å²) in [6.07, 6.45) is 6.17. The van der Waals surface area contributed by atoms with Crippen LogP contribution in [0.2, 0.25) is 0 Å². The molecule has 1 rings (SSSR count). The molecule has 0 radical (unpaired) electrons. The lowest BCUT2D eigenvalue weighted by atomic mass is 10.1. The van der Waals surface area contributed by atoms with E-state index in [4.69, 9.17) is 4.74 Å². The van der Waals surface area contributed by atoms with Gasteiger partial charge >= 0.3 is 5.97 Å². The Hall–Kier alpha value is -0.620. The van der Waals surface area contributed by atoms with E-state index < -0.39 is 10.0 Å². The lowest BCUT2D eigenvalue weighted by Gasteiger charge is -2.08. The molecule has 0 bridgehead atoms. The zero-order valence-electron chi connectivity index (χ0n) is 9.57. The number of ether oxygens (including phenoxy) is 1. The molecule has 0 aromatic carbocycles. The fourth-order valence-electron chi connectivity index (χ4n) is 1.90. The van der Waals surface area contributed by atoms with Crippen molar-refractivity contribution in [1.29, 1.82) is 0 Å². The van der Waals surface area contributed by atoms with Gasteiger partial charge in [0.2, 0.25) is 10.0 Å². The molecular weight excluding hydrogens is 230 g/mol. The number of carbonyl (C=O) groups is 1. The smallest absolute Gasteiger partial charge is 0.306 e. The molecule has 1 fully saturated rings. The van der Waals surface area contributed by atoms with Crippen molar-refractivity contribution in [1.82, 2.24) is 4.72 Å². The first-order chi connectivity index (χ1) is 7.47. The minimum absolute atomic E-state index is 0.110. The third-order valence-corrected chi connectivity index (χ3v) is 3.39. The van der Waals surface area contributed by atoms with Gasteiger partial charge in [-0.25, -0.2) is 13.1 Å². The van der Waals surface area contributed by atoms with Gasteiger partial charge in [-0.3, -0.25) is 4.79 Å². The van der Waals surface area contributed by atoms with Crippen molar-refractivity contribution in [2.45, 2.75) is 32.1 Å². The molecule has 0 amide bonds. The molecule has 1 aliphatic rings. The maximum absolute atomic E-state index is 11.3. The summed E-state index contributed by atoms with van der Waals surface area (Å²) in [5.41, 5.74) is 0. The van der Waals surface area contributed by atoms with E-state index in [1.165, 1.54) is 12.8 Å². The van der Waals surface area contributed by atoms with Crippen LogP contribution in [-0.4, -0.2) is 33.8 Å². The monoisotopic (exact) mass is 249 g/mol. The average molecular weight is 249 g/mol. The molecule has 0 unspecified atom stereocenters. The van der Waals surface area contributed by atoms with E-state index in [2.05, 4.69) is 4.72 Å². The maximum Gasteiger partial charge on any atom is 0.306 e. The molecule has 94 valence electrons. The van der Waals surface area contributed by atoms with Gasteiger partial charge in [-0.15, -0.1) is 0 Å². The van der Waals surface area contributed by atoms with E-state index in [-0.39, 0.29) is 19.1 Å². The summed E-state index contributed by atoms with van der Waals surface area (Å²) in [5, 5.41) is 0. The molecule has 0 spiro atoms. The van der Waals surface area contributed by atoms with Crippen molar-refractivity contribution in [3.05, 3.63) is 0 Å². The second kappa shape index (κ2) is 6.20. The van der Waals surface area contributed by atoms with E-state index in [0.29, 0.717) is 12.3 Å². The number of sulfonamides is 1. The topological polar surface area (TPSA) is 72.5 Å². The van der Waals surface area contributed by atoms with Crippen molar-refractivity contribution >= 4 is 16.0 Å². The molecule has 1 aliphatic carbocycles. The molecule has 0 aromatic heterocycles. The third-order valence-electron chi connectivity index (χ3n) is 2.66. The van der Waals surface area contributed by atoms with E-state index in [1.54, 1.807) is 0 Å². The van der Waals surface area contributed by atoms with Gasteiger partial charge in [-0.05, 0) is 18.8 Å². The fraction of sp³-hybridized carbons (Fsp3) is 0.900. The largest absolute Gasteiger partial charge is 0.464 e. The second-order valence-corrected chi connectivity index (χ2v) is 6.07. The Morgan fingerprint density at radius 1 is 1.38 bits per heavy atom. The van der Waals surface area contributed by atoms with E-state index in [1.807, 2.05) is 0 Å². The highest BCUT2D eigenvalue weighted by Crippen LogP contribution is 2.27. The second-order valence-electron chi connectivity index (χ2n) is 4.24. The van der Waals surface area contributed by atoms with E-state index in [9.17, 15) is 13.2 Å². The zero-order chi connectivity index (χ0) is 12.0. The SMILES string of the molecule is CS(=O)(=O)NCCOC(=O)CC1CCCC1. The molecule has 0 aromatic rings. The molecule has 5 nitrogen and oxygen atoms in total. The van der Waals surface area contributed by atoms with Crippen LogP contribution in [0.15, 0.2) is 0 Å². The van der Waals surface area contributed by atoms with Crippen LogP contribution in [0.4, 0.5) is 0 Å². The van der Waals surface area contributed by atoms with Crippen LogP contribution < -0.4 is 4.72 Å². The maximum atomic E-state index is 11.3. The Labute approximate surface area is 96.6 Å². The number of nitrogens with one attached hydrogen (secondary N) is 1. The quantitative estimate of drug-likeness (QED) is 0.554. The number of esters is 1. The Morgan fingerprint density at radius 3 is 2.56 bits per heavy atom. The highest BCUT2D eigenvalue weighted by molar-refractivity contribution is 7.88. The van der Waals surface area contributed by atoms with Gasteiger partial charge in [0.1, 0.15) is 6.61 Å². The van der Waals surface area contributed by atoms with Crippen LogP contribution >= 0.6 is 0 Å². The summed E-state index contributed by atoms with van der Waals surface area (Å²) in [6, 6.07) is 0. The van der Waals surface area contributed by atoms with Gasteiger partial charge in [0, 0.05) is 13.0 Å². The minimum Gasteiger partial charge on any atom is -0.464 e. The predicted octanol–water partition coefficient (Wildman–Crippen LogP) is 0.659. The van der Waals surface area contributed by atoms with Crippen molar-refractivity contribution in [3.8, 4) is 0 Å². The molecule has 0 atom stereocenters. The molecule has 0 heterocycles. The lowest BCUT2D eigenvalue weighted by Crippen LogP contribution is -2.27. The highest BCUT2D eigenvalue weighted by atomic mass is 32.2. The van der Waals surface area contributed by atoms with Crippen molar-refractivity contribution in [2.24, 2.45) is 5.92 Å². The standard InChI is InChI=1S/C10H19NO4S/c1-16(13,14)11-6-7-15-10(12)8-9-4-2-3-5-9/h9,11H,2-8H2,1H3. The zero-order valence-corrected chi connectivity index (χ0v) is 10.4. The summed E-state index contributed by atoms with van der Waals surface area (Å²) in [6.45, 7) is 0.258. The van der Waals surface area contributed by atoms with Gasteiger partial charge < -0.3 is 4.74 Å². The highest BCUT2D eigenvalue weighted by Gasteiger charge is 2.18. The fourth-order valence-corrected chi connectivity index (χ4v) is 2.36. The van der Waals surface area contributed by atoms with Gasteiger partial charge in [-0.1, -0.05) is 12.8 Å². The van der Waals surface area contributed by atoms with E-state index >= 15 is 0 Å². The van der Waals surface area contributed by atoms with Crippen molar-refractivity contribution < 1.29 is 17.9 Å². The van der Waals surface area contributed by atoms with Crippen molar-refractivity contribution in [2.75, 3.05) is 19.4 Å². The number of hydrogen-bond donors (Lipinski definition) is 1. The normalized spacial score (nSPS) is 17.6. The Bertz CT molecular complexity index is 320. The molecule has 1 saturated carbocycles. The minimum atomic E-state index is -3.19. The van der Waals surface area contributed by atoms with Gasteiger partial charge in [-0.2, -0.15) is 0 Å². The summed E-state index contributed by atoms with van der Waals surface area (Å²) < 4.78 is 28.6. The first-order valence-electron chi connectivity index (χ1n) is 5.57. The number of carbonyl (C=O) groups excluding carboxylic acids is 1. The Kier molecular flexibility index (Phi) is 5.21. The molecule has 16 heavy (non-hydrogen) atoms. The molecule has 0 aliphatic heterocycles. The molecule has 0 saturated heterocycles. The van der Waals surface area contributed by atoms with Crippen LogP contribution in [0.5, 0.6) is 0 Å². The van der Waals surface area contributed by atoms with Crippen LogP contribution in [0, 0.1) is 5.92 Å². The van der Waals surface area contributed by atoms with Crippen LogP contribution in [0.1, 0.15) is 32.1 Å². The van der Waals surface area contributed by atoms with E-state index in [0.717, 1.165) is 19.1 Å². The lowest BCUT2D eigenvalue weighted by molar-refractivity contribution is -0.144. The summed E-state index contributed by atoms with van der Waals surface area (Å²) >= 11 is 0. The van der Waals surface area contributed by atoms with Gasteiger partial charge in [0.15, 0.2) is 0 Å². The molecule has 1 N–H and O–H groups in total. The van der Waals surface area contributed by atoms with Gasteiger partial charge in [0.25, 0.3) is 0 Å². The van der Waals surface area contributed by atoms with Gasteiger partial charge in [0.05, 0.1) is 6.26 Å². The summed E-state index contributed by atoms with van der Waals surface area (Å²) in [7, 11) is -3.19. The van der Waals surface area contributed by atoms with Crippen LogP contribution in [0.25, 0.3) is 0 Å².